The number of piperidine rings is 1. The van der Waals surface area contributed by atoms with Crippen molar-refractivity contribution in [1.29, 1.82) is 0 Å². The van der Waals surface area contributed by atoms with Crippen molar-refractivity contribution < 1.29 is 4.79 Å². The van der Waals surface area contributed by atoms with Gasteiger partial charge >= 0.3 is 0 Å². The highest BCUT2D eigenvalue weighted by Crippen LogP contribution is 2.17. The Morgan fingerprint density at radius 3 is 2.58 bits per heavy atom. The topological polar surface area (TPSA) is 58.4 Å². The molecule has 0 radical (unpaired) electrons. The van der Waals surface area contributed by atoms with Crippen molar-refractivity contribution in [3.63, 3.8) is 0 Å². The van der Waals surface area contributed by atoms with Gasteiger partial charge in [-0.25, -0.2) is 0 Å². The van der Waals surface area contributed by atoms with Gasteiger partial charge in [0.25, 0.3) is 0 Å². The maximum Gasteiger partial charge on any atom is 0.221 e. The first-order valence-electron chi connectivity index (χ1n) is 6.75. The number of rotatable bonds is 5. The van der Waals surface area contributed by atoms with Gasteiger partial charge in [0.2, 0.25) is 5.91 Å². The summed E-state index contributed by atoms with van der Waals surface area (Å²) in [7, 11) is 0. The Bertz CT molecular complexity index is 252. The van der Waals surface area contributed by atoms with E-state index in [4.69, 9.17) is 5.73 Å². The Balaban J connectivity index is 0. The molecule has 0 aliphatic carbocycles. The molecule has 1 rings (SSSR count). The van der Waals surface area contributed by atoms with Crippen molar-refractivity contribution in [2.24, 2.45) is 11.7 Å². The molecule has 3 atom stereocenters. The summed E-state index contributed by atoms with van der Waals surface area (Å²) in [6, 6.07) is 0.370. The van der Waals surface area contributed by atoms with Gasteiger partial charge in [0.05, 0.1) is 0 Å². The van der Waals surface area contributed by atoms with Crippen LogP contribution in [-0.2, 0) is 4.79 Å². The van der Waals surface area contributed by atoms with E-state index in [0.717, 1.165) is 25.6 Å². The predicted octanol–water partition coefficient (Wildman–Crippen LogP) is 1.80. The number of carbonyl (C=O) groups excluding carboxylic acids is 1. The number of hydrogen-bond acceptors (Lipinski definition) is 3. The molecule has 0 aromatic heterocycles. The van der Waals surface area contributed by atoms with Crippen LogP contribution in [0.25, 0.3) is 0 Å². The largest absolute Gasteiger partial charge is 0.354 e. The average Bonchev–Trinajstić information content (AvgIpc) is 2.25. The van der Waals surface area contributed by atoms with Gasteiger partial charge in [-0.15, -0.1) is 24.8 Å². The van der Waals surface area contributed by atoms with E-state index in [2.05, 4.69) is 24.1 Å². The van der Waals surface area contributed by atoms with E-state index in [-0.39, 0.29) is 36.8 Å². The van der Waals surface area contributed by atoms with Crippen molar-refractivity contribution in [2.45, 2.75) is 52.1 Å². The Labute approximate surface area is 129 Å². The number of amides is 1. The highest BCUT2D eigenvalue weighted by molar-refractivity contribution is 5.85. The molecule has 1 aliphatic rings. The van der Waals surface area contributed by atoms with Gasteiger partial charge in [0, 0.05) is 31.6 Å². The fourth-order valence-electron chi connectivity index (χ4n) is 2.38. The third-order valence-electron chi connectivity index (χ3n) is 3.41. The zero-order chi connectivity index (χ0) is 12.8. The molecule has 0 bridgehead atoms. The zero-order valence-electron chi connectivity index (χ0n) is 12.2. The van der Waals surface area contributed by atoms with Crippen molar-refractivity contribution in [2.75, 3.05) is 19.6 Å². The lowest BCUT2D eigenvalue weighted by atomic mass is 9.99. The molecule has 1 aliphatic heterocycles. The van der Waals surface area contributed by atoms with Gasteiger partial charge in [-0.3, -0.25) is 9.69 Å². The molecule has 0 spiro atoms. The van der Waals surface area contributed by atoms with Gasteiger partial charge in [0.1, 0.15) is 0 Å². The van der Waals surface area contributed by atoms with Crippen LogP contribution in [0.3, 0.4) is 0 Å². The van der Waals surface area contributed by atoms with E-state index < -0.39 is 0 Å². The van der Waals surface area contributed by atoms with E-state index in [0.29, 0.717) is 12.5 Å². The minimum Gasteiger partial charge on any atom is -0.354 e. The van der Waals surface area contributed by atoms with Gasteiger partial charge in [-0.2, -0.15) is 0 Å². The lowest BCUT2D eigenvalue weighted by Gasteiger charge is -2.35. The van der Waals surface area contributed by atoms with Crippen LogP contribution in [0.15, 0.2) is 0 Å². The van der Waals surface area contributed by atoms with Crippen LogP contribution in [0.5, 0.6) is 0 Å². The lowest BCUT2D eigenvalue weighted by Crippen LogP contribution is -2.46. The fourth-order valence-corrected chi connectivity index (χ4v) is 2.38. The van der Waals surface area contributed by atoms with E-state index >= 15 is 0 Å². The van der Waals surface area contributed by atoms with Crippen LogP contribution < -0.4 is 11.1 Å². The molecule has 0 aromatic rings. The number of hydrogen-bond donors (Lipinski definition) is 2. The molecule has 0 saturated carbocycles. The van der Waals surface area contributed by atoms with Gasteiger partial charge < -0.3 is 11.1 Å². The van der Waals surface area contributed by atoms with E-state index in [1.165, 1.54) is 12.8 Å². The van der Waals surface area contributed by atoms with Gasteiger partial charge in [-0.1, -0.05) is 6.92 Å². The summed E-state index contributed by atoms with van der Waals surface area (Å²) >= 11 is 0. The molecule has 1 amide bonds. The Morgan fingerprint density at radius 2 is 2.05 bits per heavy atom. The molecule has 1 saturated heterocycles. The highest BCUT2D eigenvalue weighted by atomic mass is 35.5. The van der Waals surface area contributed by atoms with Gasteiger partial charge in [-0.05, 0) is 39.2 Å². The first-order chi connectivity index (χ1) is 7.99. The first kappa shape index (κ1) is 21.3. The second-order valence-electron chi connectivity index (χ2n) is 5.58. The SMILES string of the molecule is CC(N)CC(=O)NCC(C)N1CCCC(C)C1.Cl.Cl. The third-order valence-corrected chi connectivity index (χ3v) is 3.41. The summed E-state index contributed by atoms with van der Waals surface area (Å²) in [4.78, 5) is 14.0. The molecule has 3 N–H and O–H groups in total. The number of likely N-dealkylation sites (tertiary alicyclic amines) is 1. The summed E-state index contributed by atoms with van der Waals surface area (Å²) in [5.74, 6) is 0.850. The molecule has 3 unspecified atom stereocenters. The molecule has 6 heteroatoms. The fraction of sp³-hybridized carbons (Fsp3) is 0.923. The Morgan fingerprint density at radius 1 is 1.42 bits per heavy atom. The quantitative estimate of drug-likeness (QED) is 0.813. The Kier molecular flexibility index (Phi) is 12.0. The molecule has 0 aromatic carbocycles. The first-order valence-corrected chi connectivity index (χ1v) is 6.75. The van der Waals surface area contributed by atoms with Crippen LogP contribution in [0.2, 0.25) is 0 Å². The summed E-state index contributed by atoms with van der Waals surface area (Å²) in [6.45, 7) is 9.39. The van der Waals surface area contributed by atoms with Crippen molar-refractivity contribution in [1.82, 2.24) is 10.2 Å². The summed E-state index contributed by atoms with van der Waals surface area (Å²) in [5.41, 5.74) is 5.59. The van der Waals surface area contributed by atoms with Crippen LogP contribution >= 0.6 is 24.8 Å². The number of halogens is 2. The summed E-state index contributed by atoms with van der Waals surface area (Å²) in [5, 5.41) is 2.97. The van der Waals surface area contributed by atoms with Crippen molar-refractivity contribution >= 4 is 30.7 Å². The number of carbonyl (C=O) groups is 1. The second-order valence-corrected chi connectivity index (χ2v) is 5.58. The smallest absolute Gasteiger partial charge is 0.221 e. The highest BCUT2D eigenvalue weighted by Gasteiger charge is 2.21. The zero-order valence-corrected chi connectivity index (χ0v) is 13.9. The molecular formula is C13H29Cl2N3O. The summed E-state index contributed by atoms with van der Waals surface area (Å²) in [6.07, 6.45) is 3.03. The minimum absolute atomic E-state index is 0. The van der Waals surface area contributed by atoms with E-state index in [1.807, 2.05) is 6.92 Å². The molecular weight excluding hydrogens is 285 g/mol. The van der Waals surface area contributed by atoms with Crippen molar-refractivity contribution in [3.05, 3.63) is 0 Å². The number of nitrogens with zero attached hydrogens (tertiary/aromatic N) is 1. The average molecular weight is 314 g/mol. The van der Waals surface area contributed by atoms with Crippen LogP contribution in [0.4, 0.5) is 0 Å². The van der Waals surface area contributed by atoms with E-state index in [1.54, 1.807) is 0 Å². The molecule has 4 nitrogen and oxygen atoms in total. The normalized spacial score (nSPS) is 22.6. The molecule has 1 heterocycles. The van der Waals surface area contributed by atoms with Crippen molar-refractivity contribution in [3.8, 4) is 0 Å². The Hall–Kier alpha value is -0.0300. The molecule has 1 fully saturated rings. The third kappa shape index (κ3) is 8.69. The minimum atomic E-state index is -0.0553. The second kappa shape index (κ2) is 10.7. The maximum absolute atomic E-state index is 11.5. The maximum atomic E-state index is 11.5. The molecule has 116 valence electrons. The number of nitrogens with one attached hydrogen (secondary N) is 1. The lowest BCUT2D eigenvalue weighted by molar-refractivity contribution is -0.121. The van der Waals surface area contributed by atoms with E-state index in [9.17, 15) is 4.79 Å². The monoisotopic (exact) mass is 313 g/mol. The van der Waals surface area contributed by atoms with Gasteiger partial charge in [0.15, 0.2) is 0 Å². The van der Waals surface area contributed by atoms with Crippen LogP contribution in [0.1, 0.15) is 40.0 Å². The van der Waals surface area contributed by atoms with Crippen LogP contribution in [-0.4, -0.2) is 42.5 Å². The standard InChI is InChI=1S/C13H27N3O.2ClH/c1-10-5-4-6-16(9-10)12(3)8-15-13(17)7-11(2)14;;/h10-12H,4-9,14H2,1-3H3,(H,15,17);2*1H. The number of nitrogens with two attached hydrogens (primary N) is 1. The summed E-state index contributed by atoms with van der Waals surface area (Å²) < 4.78 is 0. The molecule has 19 heavy (non-hydrogen) atoms. The van der Waals surface area contributed by atoms with Crippen LogP contribution in [0, 0.1) is 5.92 Å². The predicted molar refractivity (Wildman–Crippen MR) is 85.2 cm³/mol.